The summed E-state index contributed by atoms with van der Waals surface area (Å²) in [5.74, 6) is 0. The summed E-state index contributed by atoms with van der Waals surface area (Å²) >= 11 is 8.09. The minimum absolute atomic E-state index is 1.15. The van der Waals surface area contributed by atoms with E-state index < -0.39 is 4.01 Å². The van der Waals surface area contributed by atoms with Gasteiger partial charge < -0.3 is 0 Å². The first kappa shape index (κ1) is 11.8. The van der Waals surface area contributed by atoms with Crippen molar-refractivity contribution in [3.8, 4) is 0 Å². The van der Waals surface area contributed by atoms with Crippen LogP contribution >= 0.6 is 35.0 Å². The van der Waals surface area contributed by atoms with Crippen molar-refractivity contribution in [2.24, 2.45) is 0 Å². The van der Waals surface area contributed by atoms with Gasteiger partial charge in [-0.1, -0.05) is 0 Å². The van der Waals surface area contributed by atoms with Gasteiger partial charge in [-0.3, -0.25) is 0 Å². The molecule has 1 aliphatic heterocycles. The fourth-order valence-corrected chi connectivity index (χ4v) is 11.8. The molecule has 0 nitrogen and oxygen atoms in total. The molecule has 0 atom stereocenters. The van der Waals surface area contributed by atoms with Gasteiger partial charge in [0.25, 0.3) is 0 Å². The van der Waals surface area contributed by atoms with Crippen LogP contribution in [0.4, 0.5) is 0 Å². The summed E-state index contributed by atoms with van der Waals surface area (Å²) < 4.78 is -2.01. The van der Waals surface area contributed by atoms with Crippen LogP contribution < -0.4 is 5.30 Å². The van der Waals surface area contributed by atoms with Crippen molar-refractivity contribution >= 4 is 40.3 Å². The van der Waals surface area contributed by atoms with E-state index in [-0.39, 0.29) is 0 Å². The van der Waals surface area contributed by atoms with E-state index in [0.29, 0.717) is 0 Å². The predicted octanol–water partition coefficient (Wildman–Crippen LogP) is 4.84. The van der Waals surface area contributed by atoms with Gasteiger partial charge in [0, 0.05) is 0 Å². The SMILES string of the molecule is CC1=C(C)CP(Br)(Br)(c2ccccc2)C1. The van der Waals surface area contributed by atoms with Crippen LogP contribution in [-0.2, 0) is 0 Å². The number of hydrogen-bond acceptors (Lipinski definition) is 0. The van der Waals surface area contributed by atoms with E-state index >= 15 is 0 Å². The van der Waals surface area contributed by atoms with Gasteiger partial charge in [0.1, 0.15) is 0 Å². The molecule has 0 spiro atoms. The van der Waals surface area contributed by atoms with Gasteiger partial charge in [-0.25, -0.2) is 0 Å². The number of halogens is 2. The molecule has 0 aliphatic carbocycles. The molecule has 2 rings (SSSR count). The van der Waals surface area contributed by atoms with Gasteiger partial charge in [-0.05, 0) is 0 Å². The number of allylic oxidation sites excluding steroid dienone is 2. The molecule has 0 saturated heterocycles. The second-order valence-corrected chi connectivity index (χ2v) is 21.2. The average molecular weight is 350 g/mol. The molecule has 0 aromatic heterocycles. The zero-order valence-electron chi connectivity index (χ0n) is 9.00. The average Bonchev–Trinajstić information content (AvgIpc) is 2.39. The molecule has 0 bridgehead atoms. The van der Waals surface area contributed by atoms with Crippen molar-refractivity contribution in [2.75, 3.05) is 12.3 Å². The van der Waals surface area contributed by atoms with Crippen LogP contribution in [0.1, 0.15) is 13.8 Å². The molecule has 82 valence electrons. The van der Waals surface area contributed by atoms with E-state index in [1.165, 1.54) is 16.5 Å². The topological polar surface area (TPSA) is 0 Å². The van der Waals surface area contributed by atoms with E-state index in [4.69, 9.17) is 0 Å². The minimum atomic E-state index is -2.01. The molecule has 0 fully saturated rings. The van der Waals surface area contributed by atoms with Crippen LogP contribution in [0.2, 0.25) is 0 Å². The molecular formula is C12H15Br2P. The summed E-state index contributed by atoms with van der Waals surface area (Å²) in [6, 6.07) is 10.8. The van der Waals surface area contributed by atoms with E-state index in [2.05, 4.69) is 75.2 Å². The third-order valence-electron chi connectivity index (χ3n) is 3.14. The Morgan fingerprint density at radius 2 is 1.40 bits per heavy atom. The number of rotatable bonds is 1. The van der Waals surface area contributed by atoms with Gasteiger partial charge in [-0.2, -0.15) is 0 Å². The van der Waals surface area contributed by atoms with E-state index in [0.717, 1.165) is 12.3 Å². The molecule has 0 unspecified atom stereocenters. The fourth-order valence-electron chi connectivity index (χ4n) is 2.19. The van der Waals surface area contributed by atoms with Crippen LogP contribution in [0.25, 0.3) is 0 Å². The zero-order valence-corrected chi connectivity index (χ0v) is 13.1. The predicted molar refractivity (Wildman–Crippen MR) is 79.0 cm³/mol. The Hall–Kier alpha value is 0.350. The first-order valence-corrected chi connectivity index (χ1v) is 11.7. The number of hydrogen-bond donors (Lipinski definition) is 0. The van der Waals surface area contributed by atoms with Crippen molar-refractivity contribution in [1.29, 1.82) is 0 Å². The summed E-state index contributed by atoms with van der Waals surface area (Å²) in [6.07, 6.45) is 2.31. The van der Waals surface area contributed by atoms with Crippen molar-refractivity contribution in [1.82, 2.24) is 0 Å². The van der Waals surface area contributed by atoms with Gasteiger partial charge >= 0.3 is 108 Å². The summed E-state index contributed by atoms with van der Waals surface area (Å²) in [7, 11) is 0. The van der Waals surface area contributed by atoms with Crippen LogP contribution in [0.5, 0.6) is 0 Å². The molecule has 15 heavy (non-hydrogen) atoms. The Labute approximate surface area is 108 Å². The van der Waals surface area contributed by atoms with Crippen molar-refractivity contribution in [3.05, 3.63) is 41.5 Å². The molecule has 0 N–H and O–H groups in total. The Morgan fingerprint density at radius 3 is 1.87 bits per heavy atom. The summed E-state index contributed by atoms with van der Waals surface area (Å²) in [4.78, 5) is 0. The normalized spacial score (nSPS) is 26.0. The molecule has 0 saturated carbocycles. The van der Waals surface area contributed by atoms with E-state index in [1.807, 2.05) is 0 Å². The third-order valence-corrected chi connectivity index (χ3v) is 12.2. The first-order valence-electron chi connectivity index (χ1n) is 5.06. The van der Waals surface area contributed by atoms with E-state index in [9.17, 15) is 0 Å². The molecular weight excluding hydrogens is 335 g/mol. The van der Waals surface area contributed by atoms with Crippen LogP contribution in [0.15, 0.2) is 41.5 Å². The van der Waals surface area contributed by atoms with E-state index in [1.54, 1.807) is 0 Å². The molecule has 1 aliphatic rings. The molecule has 1 aromatic rings. The maximum atomic E-state index is 4.04. The molecule has 3 heteroatoms. The Morgan fingerprint density at radius 1 is 0.933 bits per heavy atom. The molecule has 1 aromatic carbocycles. The standard InChI is InChI=1S/C12H15Br2P/c1-10-8-15(13,14,9-11(10)2)12-6-4-3-5-7-12/h3-7H,8-9H2,1-2H3. The summed E-state index contributed by atoms with van der Waals surface area (Å²) in [5.41, 5.74) is 3.07. The first-order chi connectivity index (χ1) is 6.91. The van der Waals surface area contributed by atoms with Gasteiger partial charge in [0.15, 0.2) is 0 Å². The second kappa shape index (κ2) is 3.68. The van der Waals surface area contributed by atoms with Crippen LogP contribution in [0.3, 0.4) is 0 Å². The Kier molecular flexibility index (Phi) is 2.90. The van der Waals surface area contributed by atoms with Gasteiger partial charge in [0.2, 0.25) is 0 Å². The van der Waals surface area contributed by atoms with Crippen molar-refractivity contribution in [2.45, 2.75) is 13.8 Å². The summed E-state index contributed by atoms with van der Waals surface area (Å²) in [6.45, 7) is 4.49. The van der Waals surface area contributed by atoms with Gasteiger partial charge in [-0.15, -0.1) is 0 Å². The second-order valence-electron chi connectivity index (χ2n) is 4.46. The number of benzene rings is 1. The molecule has 0 amide bonds. The zero-order chi connectivity index (χ0) is 11.1. The van der Waals surface area contributed by atoms with Crippen molar-refractivity contribution < 1.29 is 0 Å². The quantitative estimate of drug-likeness (QED) is 0.503. The fraction of sp³-hybridized carbons (Fsp3) is 0.333. The van der Waals surface area contributed by atoms with Gasteiger partial charge in [0.05, 0.1) is 0 Å². The van der Waals surface area contributed by atoms with Crippen molar-refractivity contribution in [3.63, 3.8) is 0 Å². The molecule has 1 heterocycles. The third kappa shape index (κ3) is 2.09. The van der Waals surface area contributed by atoms with Crippen LogP contribution in [-0.4, -0.2) is 12.3 Å². The Balaban J connectivity index is 2.45. The Bertz CT molecular complexity index is 403. The summed E-state index contributed by atoms with van der Waals surface area (Å²) in [5, 5.41) is 1.43. The monoisotopic (exact) mass is 348 g/mol. The molecule has 0 radical (unpaired) electrons. The maximum absolute atomic E-state index is 4.04. The van der Waals surface area contributed by atoms with Crippen LogP contribution in [0, 0.1) is 0 Å².